The molecule has 1 aromatic carbocycles. The van der Waals surface area contributed by atoms with Gasteiger partial charge in [0.05, 0.1) is 22.4 Å². The maximum atomic E-state index is 11.4. The summed E-state index contributed by atoms with van der Waals surface area (Å²) in [6, 6.07) is 5.86. The topological polar surface area (TPSA) is 90.7 Å². The summed E-state index contributed by atoms with van der Waals surface area (Å²) in [5.74, 6) is -1.12. The number of carbonyl (C=O) groups excluding carboxylic acids is 1. The van der Waals surface area contributed by atoms with Gasteiger partial charge in [0.25, 0.3) is 5.91 Å². The van der Waals surface area contributed by atoms with Crippen LogP contribution >= 0.6 is 0 Å². The Labute approximate surface area is 127 Å². The third-order valence-corrected chi connectivity index (χ3v) is 2.60. The third kappa shape index (κ3) is 6.14. The van der Waals surface area contributed by atoms with Crippen molar-refractivity contribution < 1.29 is 47.3 Å². The molecule has 0 spiro atoms. The fourth-order valence-electron chi connectivity index (χ4n) is 1.08. The molecule has 8 heteroatoms. The van der Waals surface area contributed by atoms with Crippen LogP contribution < -0.4 is 34.9 Å². The minimum Gasteiger partial charge on any atom is -0.748 e. The first-order valence-corrected chi connectivity index (χ1v) is 6.19. The van der Waals surface area contributed by atoms with E-state index in [1.807, 2.05) is 0 Å². The van der Waals surface area contributed by atoms with Crippen LogP contribution in [0, 0.1) is 6.57 Å². The fourth-order valence-corrected chi connectivity index (χ4v) is 1.43. The second kappa shape index (κ2) is 7.51. The van der Waals surface area contributed by atoms with Crippen molar-refractivity contribution in [1.29, 1.82) is 0 Å². The van der Waals surface area contributed by atoms with Gasteiger partial charge in [0.15, 0.2) is 5.69 Å². The number of hydrogen-bond acceptors (Lipinski definition) is 4. The van der Waals surface area contributed by atoms with E-state index in [9.17, 15) is 17.8 Å². The molecule has 0 aliphatic carbocycles. The summed E-state index contributed by atoms with van der Waals surface area (Å²) in [6.07, 6.45) is 0. The fraction of sp³-hybridized carbons (Fsp3) is 0.200. The van der Waals surface area contributed by atoms with Crippen LogP contribution in [-0.2, 0) is 10.1 Å². The Balaban J connectivity index is 0.00000289. The number of nitrogens with zero attached hydrogens (tertiary/aromatic N) is 1. The van der Waals surface area contributed by atoms with E-state index in [4.69, 9.17) is 6.57 Å². The zero-order chi connectivity index (χ0) is 12.9. The van der Waals surface area contributed by atoms with Crippen LogP contribution in [0.25, 0.3) is 4.85 Å². The molecular weight excluding hydrogens is 267 g/mol. The van der Waals surface area contributed by atoms with Gasteiger partial charge in [0.1, 0.15) is 0 Å². The van der Waals surface area contributed by atoms with Gasteiger partial charge in [-0.05, 0) is 0 Å². The van der Waals surface area contributed by atoms with Crippen molar-refractivity contribution in [3.05, 3.63) is 41.2 Å². The van der Waals surface area contributed by atoms with E-state index >= 15 is 0 Å². The average molecular weight is 276 g/mol. The molecule has 1 rings (SSSR count). The number of benzene rings is 1. The summed E-state index contributed by atoms with van der Waals surface area (Å²) < 4.78 is 30.9. The molecule has 0 saturated carbocycles. The van der Waals surface area contributed by atoms with Gasteiger partial charge >= 0.3 is 29.6 Å². The molecule has 0 atom stereocenters. The molecule has 0 radical (unpaired) electrons. The normalized spacial score (nSPS) is 10.0. The van der Waals surface area contributed by atoms with Crippen LogP contribution in [0.3, 0.4) is 0 Å². The summed E-state index contributed by atoms with van der Waals surface area (Å²) in [4.78, 5) is 14.6. The molecule has 1 amide bonds. The zero-order valence-electron chi connectivity index (χ0n) is 9.71. The number of hydrogen-bond donors (Lipinski definition) is 1. The SMILES string of the molecule is [C-]#[N+]c1ccc(C(=O)NCCS(=O)(=O)[O-])cc1.[Na+]. The van der Waals surface area contributed by atoms with Gasteiger partial charge in [-0.2, -0.15) is 0 Å². The van der Waals surface area contributed by atoms with Crippen LogP contribution in [0.2, 0.25) is 0 Å². The van der Waals surface area contributed by atoms with Crippen molar-refractivity contribution in [3.8, 4) is 0 Å². The summed E-state index contributed by atoms with van der Waals surface area (Å²) in [7, 11) is -4.32. The van der Waals surface area contributed by atoms with Gasteiger partial charge < -0.3 is 9.87 Å². The van der Waals surface area contributed by atoms with Gasteiger partial charge in [-0.25, -0.2) is 13.3 Å². The Morgan fingerprint density at radius 2 is 1.89 bits per heavy atom. The van der Waals surface area contributed by atoms with E-state index in [2.05, 4.69) is 10.2 Å². The molecule has 6 nitrogen and oxygen atoms in total. The summed E-state index contributed by atoms with van der Waals surface area (Å²) in [6.45, 7) is 6.50. The Morgan fingerprint density at radius 1 is 1.33 bits per heavy atom. The Morgan fingerprint density at radius 3 is 2.33 bits per heavy atom. The molecule has 0 unspecified atom stereocenters. The van der Waals surface area contributed by atoms with Crippen LogP contribution in [0.1, 0.15) is 10.4 Å². The second-order valence-corrected chi connectivity index (χ2v) is 4.70. The standard InChI is InChI=1S/C10H10N2O4S.Na/c1-11-9-4-2-8(3-5-9)10(13)12-6-7-17(14,15)16;/h2-5H,6-7H2,(H,12,13)(H,14,15,16);/q;+1/p-1. The molecule has 1 aromatic rings. The van der Waals surface area contributed by atoms with Crippen molar-refractivity contribution in [1.82, 2.24) is 5.32 Å². The first-order valence-electron chi connectivity index (χ1n) is 4.61. The van der Waals surface area contributed by atoms with Crippen molar-refractivity contribution in [2.45, 2.75) is 0 Å². The van der Waals surface area contributed by atoms with Gasteiger partial charge in [0, 0.05) is 12.1 Å². The maximum Gasteiger partial charge on any atom is 1.00 e. The molecule has 18 heavy (non-hydrogen) atoms. The van der Waals surface area contributed by atoms with Gasteiger partial charge in [-0.1, -0.05) is 24.3 Å². The van der Waals surface area contributed by atoms with E-state index in [-0.39, 0.29) is 36.1 Å². The molecule has 0 fully saturated rings. The summed E-state index contributed by atoms with van der Waals surface area (Å²) >= 11 is 0. The van der Waals surface area contributed by atoms with E-state index < -0.39 is 21.8 Å². The van der Waals surface area contributed by atoms with Crippen LogP contribution in [0.4, 0.5) is 5.69 Å². The van der Waals surface area contributed by atoms with Gasteiger partial charge in [0.2, 0.25) is 0 Å². The predicted molar refractivity (Wildman–Crippen MR) is 59.6 cm³/mol. The molecule has 1 N–H and O–H groups in total. The van der Waals surface area contributed by atoms with Crippen LogP contribution in [0.5, 0.6) is 0 Å². The third-order valence-electron chi connectivity index (χ3n) is 1.90. The molecule has 0 aliphatic heterocycles. The number of carbonyl (C=O) groups is 1. The summed E-state index contributed by atoms with van der Waals surface area (Å²) in [5, 5.41) is 2.30. The minimum atomic E-state index is -4.32. The van der Waals surface area contributed by atoms with Gasteiger partial charge in [-0.15, -0.1) is 0 Å². The van der Waals surface area contributed by atoms with Crippen LogP contribution in [-0.4, -0.2) is 31.2 Å². The van der Waals surface area contributed by atoms with Crippen molar-refractivity contribution in [2.24, 2.45) is 0 Å². The molecule has 0 bridgehead atoms. The maximum absolute atomic E-state index is 11.4. The molecule has 0 aromatic heterocycles. The summed E-state index contributed by atoms with van der Waals surface area (Å²) in [5.41, 5.74) is 0.712. The largest absolute Gasteiger partial charge is 1.00 e. The second-order valence-electron chi connectivity index (χ2n) is 3.18. The van der Waals surface area contributed by atoms with Gasteiger partial charge in [-0.3, -0.25) is 4.79 Å². The first kappa shape index (κ1) is 17.1. The monoisotopic (exact) mass is 276 g/mol. The zero-order valence-corrected chi connectivity index (χ0v) is 12.5. The van der Waals surface area contributed by atoms with E-state index in [1.165, 1.54) is 24.3 Å². The van der Waals surface area contributed by atoms with E-state index in [1.54, 1.807) is 0 Å². The molecule has 90 valence electrons. The first-order chi connectivity index (χ1) is 7.92. The number of rotatable bonds is 4. The average Bonchev–Trinajstić information content (AvgIpc) is 2.27. The molecule has 0 aliphatic rings. The minimum absolute atomic E-state index is 0. The smallest absolute Gasteiger partial charge is 0.748 e. The Bertz CT molecular complexity index is 548. The Kier molecular flexibility index (Phi) is 7.13. The Hall–Kier alpha value is -0.910. The van der Waals surface area contributed by atoms with Crippen molar-refractivity contribution in [3.63, 3.8) is 0 Å². The number of amides is 1. The predicted octanol–water partition coefficient (Wildman–Crippen LogP) is -2.48. The van der Waals surface area contributed by atoms with E-state index in [0.717, 1.165) is 0 Å². The van der Waals surface area contributed by atoms with Crippen molar-refractivity contribution >= 4 is 21.7 Å². The quantitative estimate of drug-likeness (QED) is 0.374. The molecule has 0 heterocycles. The molecular formula is C10H9N2NaO4S. The van der Waals surface area contributed by atoms with E-state index in [0.29, 0.717) is 11.3 Å². The number of nitrogens with one attached hydrogen (secondary N) is 1. The van der Waals surface area contributed by atoms with Crippen LogP contribution in [0.15, 0.2) is 24.3 Å². The van der Waals surface area contributed by atoms with Crippen molar-refractivity contribution in [2.75, 3.05) is 12.3 Å². The molecule has 0 saturated heterocycles.